The Morgan fingerprint density at radius 3 is 2.71 bits per heavy atom. The Morgan fingerprint density at radius 2 is 1.93 bits per heavy atom. The Hall–Kier alpha value is -2.92. The van der Waals surface area contributed by atoms with Crippen molar-refractivity contribution in [2.45, 2.75) is 26.2 Å². The van der Waals surface area contributed by atoms with Gasteiger partial charge in [-0.3, -0.25) is 0 Å². The molecule has 2 heterocycles. The van der Waals surface area contributed by atoms with E-state index in [9.17, 15) is 4.39 Å². The molecular weight excluding hydrogens is 353 g/mol. The smallest absolute Gasteiger partial charge is 0.145 e. The number of unbranched alkanes of at least 4 members (excludes halogenated alkanes) is 1. The molecule has 0 radical (unpaired) electrons. The monoisotopic (exact) mass is 377 g/mol. The van der Waals surface area contributed by atoms with Crippen molar-refractivity contribution in [2.24, 2.45) is 5.73 Å². The van der Waals surface area contributed by atoms with Crippen molar-refractivity contribution in [3.63, 3.8) is 0 Å². The van der Waals surface area contributed by atoms with E-state index in [1.54, 1.807) is 19.2 Å². The fourth-order valence-electron chi connectivity index (χ4n) is 3.83. The van der Waals surface area contributed by atoms with Crippen molar-refractivity contribution in [1.29, 1.82) is 0 Å². The van der Waals surface area contributed by atoms with Crippen LogP contribution < -0.4 is 10.5 Å². The molecule has 0 amide bonds. The van der Waals surface area contributed by atoms with E-state index < -0.39 is 0 Å². The largest absolute Gasteiger partial charge is 0.494 e. The van der Waals surface area contributed by atoms with E-state index in [0.29, 0.717) is 6.54 Å². The number of nitrogens with zero attached hydrogens (tertiary/aromatic N) is 1. The maximum atomic E-state index is 14.0. The first-order valence-corrected chi connectivity index (χ1v) is 9.57. The van der Waals surface area contributed by atoms with Crippen LogP contribution >= 0.6 is 0 Å². The summed E-state index contributed by atoms with van der Waals surface area (Å²) in [5.74, 6) is 0.518. The van der Waals surface area contributed by atoms with E-state index in [2.05, 4.69) is 11.1 Å². The molecule has 4 aromatic rings. The molecule has 5 heteroatoms. The molecule has 2 aromatic heterocycles. The summed E-state index contributed by atoms with van der Waals surface area (Å²) >= 11 is 0. The predicted molar refractivity (Wildman–Crippen MR) is 112 cm³/mol. The van der Waals surface area contributed by atoms with Gasteiger partial charge in [-0.25, -0.2) is 9.37 Å². The van der Waals surface area contributed by atoms with Crippen molar-refractivity contribution in [2.75, 3.05) is 13.7 Å². The molecule has 0 bridgehead atoms. The zero-order valence-electron chi connectivity index (χ0n) is 16.2. The third-order valence-corrected chi connectivity index (χ3v) is 5.20. The van der Waals surface area contributed by atoms with Crippen LogP contribution in [-0.4, -0.2) is 23.6 Å². The van der Waals surface area contributed by atoms with Crippen molar-refractivity contribution < 1.29 is 9.13 Å². The Morgan fingerprint density at radius 1 is 1.07 bits per heavy atom. The van der Waals surface area contributed by atoms with Gasteiger partial charge in [-0.1, -0.05) is 6.07 Å². The van der Waals surface area contributed by atoms with Crippen LogP contribution in [0.25, 0.3) is 33.1 Å². The van der Waals surface area contributed by atoms with Gasteiger partial charge in [-0.2, -0.15) is 0 Å². The number of halogens is 1. The molecule has 0 aliphatic rings. The van der Waals surface area contributed by atoms with Gasteiger partial charge in [0.05, 0.1) is 12.8 Å². The third kappa shape index (κ3) is 3.22. The van der Waals surface area contributed by atoms with Crippen molar-refractivity contribution >= 4 is 21.8 Å². The molecule has 4 rings (SSSR count). The molecule has 144 valence electrons. The second-order valence-corrected chi connectivity index (χ2v) is 7.08. The predicted octanol–water partition coefficient (Wildman–Crippen LogP) is 5.12. The molecule has 0 saturated carbocycles. The maximum absolute atomic E-state index is 14.0. The Bertz CT molecular complexity index is 1150. The molecule has 2 aromatic carbocycles. The zero-order chi connectivity index (χ0) is 19.7. The molecular formula is C23H24FN3O. The summed E-state index contributed by atoms with van der Waals surface area (Å²) in [4.78, 5) is 8.20. The summed E-state index contributed by atoms with van der Waals surface area (Å²) in [5, 5.41) is 1.94. The van der Waals surface area contributed by atoms with Crippen LogP contribution in [0.4, 0.5) is 4.39 Å². The van der Waals surface area contributed by atoms with Gasteiger partial charge >= 0.3 is 0 Å². The number of aromatic nitrogens is 2. The highest BCUT2D eigenvalue weighted by molar-refractivity contribution is 6.01. The topological polar surface area (TPSA) is 63.9 Å². The highest BCUT2D eigenvalue weighted by atomic mass is 19.1. The molecule has 0 aliphatic heterocycles. The molecule has 0 fully saturated rings. The van der Waals surface area contributed by atoms with Crippen molar-refractivity contribution in [3.8, 4) is 17.0 Å². The van der Waals surface area contributed by atoms with Crippen LogP contribution in [0.1, 0.15) is 24.1 Å². The number of methoxy groups -OCH3 is 1. The normalized spacial score (nSPS) is 11.4. The number of nitrogens with two attached hydrogens (primary N) is 1. The number of fused-ring (bicyclic) bond motifs is 2. The molecule has 0 spiro atoms. The van der Waals surface area contributed by atoms with E-state index >= 15 is 0 Å². The van der Waals surface area contributed by atoms with Crippen LogP contribution in [0.2, 0.25) is 0 Å². The number of hydrogen-bond donors (Lipinski definition) is 2. The summed E-state index contributed by atoms with van der Waals surface area (Å²) in [7, 11) is 1.66. The second-order valence-electron chi connectivity index (χ2n) is 7.08. The number of rotatable bonds is 6. The van der Waals surface area contributed by atoms with Gasteiger partial charge in [0.1, 0.15) is 17.1 Å². The van der Waals surface area contributed by atoms with E-state index in [4.69, 9.17) is 15.5 Å². The first-order valence-electron chi connectivity index (χ1n) is 9.57. The Balaban J connectivity index is 1.97. The number of aryl methyl sites for hydroxylation is 2. The van der Waals surface area contributed by atoms with Crippen LogP contribution in [0.15, 0.2) is 42.5 Å². The summed E-state index contributed by atoms with van der Waals surface area (Å²) in [6, 6.07) is 13.0. The molecule has 4 nitrogen and oxygen atoms in total. The quantitative estimate of drug-likeness (QED) is 0.458. The summed E-state index contributed by atoms with van der Waals surface area (Å²) in [6.07, 6.45) is 2.73. The maximum Gasteiger partial charge on any atom is 0.145 e. The lowest BCUT2D eigenvalue weighted by Gasteiger charge is -2.12. The van der Waals surface area contributed by atoms with Crippen LogP contribution in [0.5, 0.6) is 5.75 Å². The fraction of sp³-hybridized carbons (Fsp3) is 0.261. The lowest BCUT2D eigenvalue weighted by atomic mass is 9.97. The number of nitrogens with one attached hydrogen (secondary N) is 1. The van der Waals surface area contributed by atoms with Crippen LogP contribution in [-0.2, 0) is 6.42 Å². The minimum atomic E-state index is -0.227. The Kier molecular flexibility index (Phi) is 5.01. The number of benzene rings is 2. The molecule has 28 heavy (non-hydrogen) atoms. The van der Waals surface area contributed by atoms with Gasteiger partial charge in [-0.15, -0.1) is 0 Å². The van der Waals surface area contributed by atoms with Gasteiger partial charge in [0.25, 0.3) is 0 Å². The first kappa shape index (κ1) is 18.4. The molecule has 0 unspecified atom stereocenters. The summed E-state index contributed by atoms with van der Waals surface area (Å²) in [5.41, 5.74) is 11.6. The number of pyridine rings is 1. The van der Waals surface area contributed by atoms with E-state index in [1.807, 2.05) is 25.1 Å². The Labute approximate surface area is 163 Å². The minimum absolute atomic E-state index is 0.227. The van der Waals surface area contributed by atoms with E-state index in [1.165, 1.54) is 6.07 Å². The van der Waals surface area contributed by atoms with Crippen molar-refractivity contribution in [3.05, 3.63) is 59.5 Å². The number of aromatic amines is 1. The molecule has 0 aliphatic carbocycles. The molecule has 3 N–H and O–H groups in total. The average Bonchev–Trinajstić information content (AvgIpc) is 3.04. The molecule has 0 saturated heterocycles. The minimum Gasteiger partial charge on any atom is -0.494 e. The highest BCUT2D eigenvalue weighted by Gasteiger charge is 2.17. The van der Waals surface area contributed by atoms with Gasteiger partial charge in [0, 0.05) is 27.5 Å². The first-order chi connectivity index (χ1) is 13.6. The third-order valence-electron chi connectivity index (χ3n) is 5.20. The summed E-state index contributed by atoms with van der Waals surface area (Å²) < 4.78 is 19.5. The number of hydrogen-bond acceptors (Lipinski definition) is 3. The molecule has 0 atom stereocenters. The van der Waals surface area contributed by atoms with Gasteiger partial charge in [-0.05, 0) is 74.7 Å². The van der Waals surface area contributed by atoms with Crippen molar-refractivity contribution in [1.82, 2.24) is 9.97 Å². The lowest BCUT2D eigenvalue weighted by Crippen LogP contribution is -1.99. The second kappa shape index (κ2) is 7.60. The van der Waals surface area contributed by atoms with Crippen LogP contribution in [0.3, 0.4) is 0 Å². The highest BCUT2D eigenvalue weighted by Crippen LogP contribution is 2.38. The lowest BCUT2D eigenvalue weighted by molar-refractivity contribution is 0.419. The van der Waals surface area contributed by atoms with Gasteiger partial charge in [0.2, 0.25) is 0 Å². The van der Waals surface area contributed by atoms with Gasteiger partial charge < -0.3 is 15.5 Å². The fourth-order valence-corrected chi connectivity index (χ4v) is 3.83. The summed E-state index contributed by atoms with van der Waals surface area (Å²) in [6.45, 7) is 2.62. The SMILES string of the molecule is COc1ccc(-c2[nH]c3ccc(F)cc3c2CCCCN)c2ccc(C)nc12. The number of H-pyrrole nitrogens is 1. The van der Waals surface area contributed by atoms with E-state index in [-0.39, 0.29) is 5.82 Å². The van der Waals surface area contributed by atoms with E-state index in [0.717, 1.165) is 69.3 Å². The number of ether oxygens (including phenoxy) is 1. The van der Waals surface area contributed by atoms with Crippen LogP contribution in [0, 0.1) is 12.7 Å². The average molecular weight is 377 g/mol. The zero-order valence-corrected chi connectivity index (χ0v) is 16.2. The van der Waals surface area contributed by atoms with Gasteiger partial charge in [0.15, 0.2) is 0 Å². The standard InChI is InChI=1S/C23H24FN3O/c1-14-6-8-18-17(9-11-21(28-2)23(18)26-14)22-16(5-3-4-12-25)19-13-15(24)7-10-20(19)27-22/h6-11,13,27H,3-5,12,25H2,1-2H3.